The molecule has 1 saturated carbocycles. The van der Waals surface area contributed by atoms with Gasteiger partial charge in [-0.05, 0) is 56.9 Å². The molecule has 0 spiro atoms. The number of nitrogens with one attached hydrogen (secondary N) is 2. The third-order valence-electron chi connectivity index (χ3n) is 5.06. The third-order valence-corrected chi connectivity index (χ3v) is 6.87. The maximum absolute atomic E-state index is 11.9. The number of pyridine rings is 1. The van der Waals surface area contributed by atoms with Crippen molar-refractivity contribution < 1.29 is 8.42 Å². The average Bonchev–Trinajstić information content (AvgIpc) is 2.61. The van der Waals surface area contributed by atoms with Crippen LogP contribution in [0.25, 0.3) is 10.8 Å². The van der Waals surface area contributed by atoms with Gasteiger partial charge in [-0.15, -0.1) is 0 Å². The van der Waals surface area contributed by atoms with Gasteiger partial charge in [0, 0.05) is 24.2 Å². The summed E-state index contributed by atoms with van der Waals surface area (Å²) in [4.78, 5) is 4.51. The number of hydrogen-bond donors (Lipinski definition) is 2. The fraction of sp³-hybridized carbons (Fsp3) is 0.526. The molecule has 2 N–H and O–H groups in total. The minimum Gasteiger partial charge on any atom is -0.367 e. The van der Waals surface area contributed by atoms with Crippen LogP contribution in [0.15, 0.2) is 36.5 Å². The summed E-state index contributed by atoms with van der Waals surface area (Å²) in [5.74, 6) is 1.37. The van der Waals surface area contributed by atoms with E-state index in [2.05, 4.69) is 27.2 Å². The van der Waals surface area contributed by atoms with Crippen molar-refractivity contribution in [2.75, 3.05) is 11.9 Å². The van der Waals surface area contributed by atoms with Gasteiger partial charge in [0.2, 0.25) is 10.0 Å². The molecule has 2 aromatic rings. The third kappa shape index (κ3) is 4.50. The van der Waals surface area contributed by atoms with E-state index in [1.165, 1.54) is 5.39 Å². The van der Waals surface area contributed by atoms with Gasteiger partial charge in [0.15, 0.2) is 0 Å². The van der Waals surface area contributed by atoms with Crippen LogP contribution in [0.3, 0.4) is 0 Å². The molecule has 0 unspecified atom stereocenters. The van der Waals surface area contributed by atoms with Crippen molar-refractivity contribution in [1.82, 2.24) is 9.71 Å². The number of sulfonamides is 1. The van der Waals surface area contributed by atoms with E-state index in [4.69, 9.17) is 0 Å². The van der Waals surface area contributed by atoms with Crippen LogP contribution in [0.2, 0.25) is 0 Å². The average molecular weight is 362 g/mol. The number of aromatic nitrogens is 1. The first-order valence-corrected chi connectivity index (χ1v) is 10.6. The SMILES string of the molecule is CC(C)S(=O)(=O)NCC1CCC(Nc2nccc3ccccc23)CC1. The Bertz CT molecular complexity index is 807. The molecule has 0 bridgehead atoms. The van der Waals surface area contributed by atoms with Gasteiger partial charge >= 0.3 is 0 Å². The fourth-order valence-electron chi connectivity index (χ4n) is 3.34. The second kappa shape index (κ2) is 7.70. The molecule has 6 heteroatoms. The molecule has 0 radical (unpaired) electrons. The van der Waals surface area contributed by atoms with E-state index < -0.39 is 10.0 Å². The van der Waals surface area contributed by atoms with Crippen molar-refractivity contribution in [3.05, 3.63) is 36.5 Å². The molecule has 3 rings (SSSR count). The number of benzene rings is 1. The molecule has 136 valence electrons. The lowest BCUT2D eigenvalue weighted by atomic mass is 9.86. The maximum atomic E-state index is 11.9. The Morgan fingerprint density at radius 2 is 1.84 bits per heavy atom. The van der Waals surface area contributed by atoms with Crippen molar-refractivity contribution in [2.45, 2.75) is 50.8 Å². The van der Waals surface area contributed by atoms with E-state index >= 15 is 0 Å². The van der Waals surface area contributed by atoms with Crippen LogP contribution in [0.1, 0.15) is 39.5 Å². The molecule has 0 aliphatic heterocycles. The molecule has 1 aromatic carbocycles. The molecule has 0 amide bonds. The van der Waals surface area contributed by atoms with Crippen LogP contribution in [-0.2, 0) is 10.0 Å². The van der Waals surface area contributed by atoms with Gasteiger partial charge in [-0.25, -0.2) is 18.1 Å². The zero-order chi connectivity index (χ0) is 17.9. The lowest BCUT2D eigenvalue weighted by Crippen LogP contribution is -2.37. The van der Waals surface area contributed by atoms with E-state index in [0.717, 1.165) is 36.9 Å². The molecule has 0 saturated heterocycles. The highest BCUT2D eigenvalue weighted by Crippen LogP contribution is 2.28. The van der Waals surface area contributed by atoms with Gasteiger partial charge in [-0.1, -0.05) is 24.3 Å². The summed E-state index contributed by atoms with van der Waals surface area (Å²) < 4.78 is 26.5. The predicted octanol–water partition coefficient (Wildman–Crippen LogP) is 3.53. The fourth-order valence-corrected chi connectivity index (χ4v) is 4.14. The number of anilines is 1. The molecule has 1 aromatic heterocycles. The first-order valence-electron chi connectivity index (χ1n) is 9.04. The van der Waals surface area contributed by atoms with Gasteiger partial charge < -0.3 is 5.32 Å². The standard InChI is InChI=1S/C19H27N3O2S/c1-14(2)25(23,24)21-13-15-7-9-17(10-8-15)22-19-18-6-4-3-5-16(18)11-12-20-19/h3-6,11-12,14-15,17,21H,7-10,13H2,1-2H3,(H,20,22). The van der Waals surface area contributed by atoms with Gasteiger partial charge in [-0.2, -0.15) is 0 Å². The first kappa shape index (κ1) is 18.1. The highest BCUT2D eigenvalue weighted by Gasteiger charge is 2.24. The van der Waals surface area contributed by atoms with E-state index in [1.54, 1.807) is 13.8 Å². The molecule has 1 aliphatic rings. The quantitative estimate of drug-likeness (QED) is 0.826. The van der Waals surface area contributed by atoms with E-state index in [1.807, 2.05) is 24.4 Å². The number of nitrogens with zero attached hydrogens (tertiary/aromatic N) is 1. The summed E-state index contributed by atoms with van der Waals surface area (Å²) in [6.07, 6.45) is 5.99. The Labute approximate surface area is 150 Å². The van der Waals surface area contributed by atoms with Crippen molar-refractivity contribution in [3.63, 3.8) is 0 Å². The van der Waals surface area contributed by atoms with Crippen LogP contribution < -0.4 is 10.0 Å². The molecule has 1 heterocycles. The smallest absolute Gasteiger partial charge is 0.213 e. The minimum atomic E-state index is -3.16. The number of fused-ring (bicyclic) bond motifs is 1. The maximum Gasteiger partial charge on any atom is 0.213 e. The predicted molar refractivity (Wildman–Crippen MR) is 103 cm³/mol. The van der Waals surface area contributed by atoms with Crippen molar-refractivity contribution >= 4 is 26.6 Å². The van der Waals surface area contributed by atoms with Crippen LogP contribution in [0.4, 0.5) is 5.82 Å². The topological polar surface area (TPSA) is 71.1 Å². The normalized spacial score (nSPS) is 21.6. The Hall–Kier alpha value is -1.66. The summed E-state index contributed by atoms with van der Waals surface area (Å²) in [6.45, 7) is 3.97. The number of hydrogen-bond acceptors (Lipinski definition) is 4. The van der Waals surface area contributed by atoms with E-state index in [0.29, 0.717) is 18.5 Å². The summed E-state index contributed by atoms with van der Waals surface area (Å²) in [5.41, 5.74) is 0. The second-order valence-corrected chi connectivity index (χ2v) is 9.51. The lowest BCUT2D eigenvalue weighted by molar-refractivity contribution is 0.337. The van der Waals surface area contributed by atoms with Crippen LogP contribution in [-0.4, -0.2) is 31.2 Å². The zero-order valence-corrected chi connectivity index (χ0v) is 15.7. The lowest BCUT2D eigenvalue weighted by Gasteiger charge is -2.30. The molecule has 0 atom stereocenters. The summed E-state index contributed by atoms with van der Waals surface area (Å²) in [5, 5.41) is 5.55. The minimum absolute atomic E-state index is 0.372. The highest BCUT2D eigenvalue weighted by molar-refractivity contribution is 7.90. The van der Waals surface area contributed by atoms with Gasteiger partial charge in [0.1, 0.15) is 5.82 Å². The molecular weight excluding hydrogens is 334 g/mol. The Kier molecular flexibility index (Phi) is 5.59. The largest absolute Gasteiger partial charge is 0.367 e. The Balaban J connectivity index is 1.54. The first-order chi connectivity index (χ1) is 12.0. The molecule has 25 heavy (non-hydrogen) atoms. The van der Waals surface area contributed by atoms with Gasteiger partial charge in [0.05, 0.1) is 5.25 Å². The van der Waals surface area contributed by atoms with E-state index in [-0.39, 0.29) is 5.25 Å². The summed E-state index contributed by atoms with van der Waals surface area (Å²) in [6, 6.07) is 10.7. The van der Waals surface area contributed by atoms with Crippen LogP contribution in [0, 0.1) is 5.92 Å². The van der Waals surface area contributed by atoms with Crippen molar-refractivity contribution in [2.24, 2.45) is 5.92 Å². The molecule has 1 fully saturated rings. The Morgan fingerprint density at radius 1 is 1.12 bits per heavy atom. The van der Waals surface area contributed by atoms with Gasteiger partial charge in [0.25, 0.3) is 0 Å². The zero-order valence-electron chi connectivity index (χ0n) is 14.9. The Morgan fingerprint density at radius 3 is 2.56 bits per heavy atom. The monoisotopic (exact) mass is 361 g/mol. The van der Waals surface area contributed by atoms with Crippen molar-refractivity contribution in [1.29, 1.82) is 0 Å². The highest BCUT2D eigenvalue weighted by atomic mass is 32.2. The molecular formula is C19H27N3O2S. The van der Waals surface area contributed by atoms with Crippen molar-refractivity contribution in [3.8, 4) is 0 Å². The van der Waals surface area contributed by atoms with Crippen LogP contribution in [0.5, 0.6) is 0 Å². The summed E-state index contributed by atoms with van der Waals surface area (Å²) >= 11 is 0. The molecule has 5 nitrogen and oxygen atoms in total. The number of rotatable bonds is 6. The molecule has 1 aliphatic carbocycles. The summed E-state index contributed by atoms with van der Waals surface area (Å²) in [7, 11) is -3.16. The van der Waals surface area contributed by atoms with Gasteiger partial charge in [-0.3, -0.25) is 0 Å². The van der Waals surface area contributed by atoms with Crippen LogP contribution >= 0.6 is 0 Å². The van der Waals surface area contributed by atoms with E-state index in [9.17, 15) is 8.42 Å². The second-order valence-electron chi connectivity index (χ2n) is 7.18.